The number of carboxylic acid groups (broad SMARTS) is 1. The molecule has 0 unspecified atom stereocenters. The molecule has 0 bridgehead atoms. The summed E-state index contributed by atoms with van der Waals surface area (Å²) >= 11 is 0. The number of ether oxygens (including phenoxy) is 1. The number of rotatable bonds is 9. The van der Waals surface area contributed by atoms with Crippen molar-refractivity contribution in [2.24, 2.45) is 11.8 Å². The zero-order valence-corrected chi connectivity index (χ0v) is 20.3. The van der Waals surface area contributed by atoms with E-state index < -0.39 is 18.1 Å². The molecule has 1 saturated carbocycles. The number of carbonyl (C=O) groups excluding carboxylic acids is 2. The van der Waals surface area contributed by atoms with Gasteiger partial charge in [0, 0.05) is 12.0 Å². The molecular weight excluding hydrogens is 444 g/mol. The van der Waals surface area contributed by atoms with Crippen LogP contribution in [0.5, 0.6) is 0 Å². The molecule has 0 saturated heterocycles. The van der Waals surface area contributed by atoms with Crippen LogP contribution in [0.4, 0.5) is 4.79 Å². The second-order valence-electron chi connectivity index (χ2n) is 9.74. The van der Waals surface area contributed by atoms with E-state index in [2.05, 4.69) is 34.9 Å². The minimum atomic E-state index is -0.855. The van der Waals surface area contributed by atoms with Crippen molar-refractivity contribution in [3.05, 3.63) is 59.7 Å². The summed E-state index contributed by atoms with van der Waals surface area (Å²) in [5, 5.41) is 15.0. The highest BCUT2D eigenvalue weighted by atomic mass is 16.5. The van der Waals surface area contributed by atoms with Gasteiger partial charge >= 0.3 is 12.1 Å². The molecule has 2 amide bonds. The third-order valence-electron chi connectivity index (χ3n) is 7.54. The molecule has 3 N–H and O–H groups in total. The van der Waals surface area contributed by atoms with Crippen LogP contribution in [-0.2, 0) is 14.3 Å². The largest absolute Gasteiger partial charge is 0.481 e. The number of benzene rings is 2. The van der Waals surface area contributed by atoms with Gasteiger partial charge in [-0.3, -0.25) is 9.59 Å². The van der Waals surface area contributed by atoms with E-state index in [4.69, 9.17) is 9.84 Å². The molecule has 186 valence electrons. The number of hydrogen-bond donors (Lipinski definition) is 3. The van der Waals surface area contributed by atoms with Gasteiger partial charge < -0.3 is 20.5 Å². The second kappa shape index (κ2) is 10.9. The van der Waals surface area contributed by atoms with Crippen molar-refractivity contribution in [2.75, 3.05) is 6.61 Å². The number of carboxylic acids is 1. The first-order chi connectivity index (χ1) is 16.9. The van der Waals surface area contributed by atoms with Gasteiger partial charge in [-0.25, -0.2) is 4.79 Å². The van der Waals surface area contributed by atoms with Gasteiger partial charge in [-0.15, -0.1) is 0 Å². The number of amides is 2. The summed E-state index contributed by atoms with van der Waals surface area (Å²) in [4.78, 5) is 37.1. The van der Waals surface area contributed by atoms with Crippen molar-refractivity contribution < 1.29 is 24.2 Å². The first-order valence-corrected chi connectivity index (χ1v) is 12.5. The van der Waals surface area contributed by atoms with Crippen molar-refractivity contribution >= 4 is 18.0 Å². The molecule has 0 spiro atoms. The van der Waals surface area contributed by atoms with E-state index in [9.17, 15) is 14.4 Å². The zero-order chi connectivity index (χ0) is 24.9. The Morgan fingerprint density at radius 3 is 2.26 bits per heavy atom. The lowest BCUT2D eigenvalue weighted by atomic mass is 9.96. The second-order valence-corrected chi connectivity index (χ2v) is 9.74. The van der Waals surface area contributed by atoms with Crippen molar-refractivity contribution in [3.8, 4) is 11.1 Å². The van der Waals surface area contributed by atoms with E-state index in [-0.39, 0.29) is 42.7 Å². The lowest BCUT2D eigenvalue weighted by Crippen LogP contribution is -2.53. The fourth-order valence-corrected chi connectivity index (χ4v) is 5.44. The van der Waals surface area contributed by atoms with Crippen LogP contribution in [0.3, 0.4) is 0 Å². The molecule has 4 atom stereocenters. The molecule has 2 aliphatic carbocycles. The van der Waals surface area contributed by atoms with Crippen LogP contribution in [0.2, 0.25) is 0 Å². The Bertz CT molecular complexity index is 1040. The highest BCUT2D eigenvalue weighted by Crippen LogP contribution is 2.44. The van der Waals surface area contributed by atoms with E-state index in [1.165, 1.54) is 0 Å². The summed E-state index contributed by atoms with van der Waals surface area (Å²) in [7, 11) is 0. The molecule has 0 radical (unpaired) electrons. The first kappa shape index (κ1) is 24.8. The Balaban J connectivity index is 1.40. The molecule has 35 heavy (non-hydrogen) atoms. The van der Waals surface area contributed by atoms with Gasteiger partial charge in [0.05, 0.1) is 6.42 Å². The summed E-state index contributed by atoms with van der Waals surface area (Å²) in [5.74, 6) is -1.38. The fourth-order valence-electron chi connectivity index (χ4n) is 5.44. The predicted molar refractivity (Wildman–Crippen MR) is 133 cm³/mol. The summed E-state index contributed by atoms with van der Waals surface area (Å²) < 4.78 is 5.65. The summed E-state index contributed by atoms with van der Waals surface area (Å²) in [6.45, 7) is 4.06. The van der Waals surface area contributed by atoms with Crippen LogP contribution < -0.4 is 10.6 Å². The topological polar surface area (TPSA) is 105 Å². The molecule has 4 rings (SSSR count). The lowest BCUT2D eigenvalue weighted by Gasteiger charge is -2.27. The van der Waals surface area contributed by atoms with Crippen LogP contribution in [0.25, 0.3) is 11.1 Å². The molecule has 0 aliphatic heterocycles. The minimum absolute atomic E-state index is 0.0404. The monoisotopic (exact) mass is 478 g/mol. The molecule has 1 fully saturated rings. The molecule has 0 heterocycles. The van der Waals surface area contributed by atoms with Crippen LogP contribution >= 0.6 is 0 Å². The van der Waals surface area contributed by atoms with Crippen molar-refractivity contribution in [1.29, 1.82) is 0 Å². The molecular formula is C28H34N2O5. The van der Waals surface area contributed by atoms with Gasteiger partial charge in [0.15, 0.2) is 0 Å². The van der Waals surface area contributed by atoms with Crippen molar-refractivity contribution in [2.45, 2.75) is 64.0 Å². The molecule has 2 aliphatic rings. The maximum atomic E-state index is 13.1. The van der Waals surface area contributed by atoms with E-state index in [1.807, 2.05) is 38.1 Å². The Hall–Kier alpha value is -3.35. The van der Waals surface area contributed by atoms with Crippen LogP contribution in [0.15, 0.2) is 48.5 Å². The Kier molecular flexibility index (Phi) is 7.73. The minimum Gasteiger partial charge on any atom is -0.481 e. The highest BCUT2D eigenvalue weighted by Gasteiger charge is 2.35. The summed E-state index contributed by atoms with van der Waals surface area (Å²) in [6, 6.07) is 15.3. The average Bonchev–Trinajstić information content (AvgIpc) is 3.41. The third kappa shape index (κ3) is 5.50. The SMILES string of the molecule is CC[C@H](C)[C@H](NC(=O)OCC1c2ccccc2-c2ccccc21)C(=O)N[C@@H]1CCC[C@H]1CC(=O)O. The van der Waals surface area contributed by atoms with E-state index >= 15 is 0 Å². The molecule has 2 aromatic rings. The lowest BCUT2D eigenvalue weighted by molar-refractivity contribution is -0.138. The molecule has 0 aromatic heterocycles. The Morgan fingerprint density at radius 2 is 1.66 bits per heavy atom. The maximum absolute atomic E-state index is 13.1. The highest BCUT2D eigenvalue weighted by molar-refractivity contribution is 5.86. The van der Waals surface area contributed by atoms with Gasteiger partial charge in [0.1, 0.15) is 12.6 Å². The number of fused-ring (bicyclic) bond motifs is 3. The average molecular weight is 479 g/mol. The maximum Gasteiger partial charge on any atom is 0.407 e. The first-order valence-electron chi connectivity index (χ1n) is 12.5. The predicted octanol–water partition coefficient (Wildman–Crippen LogP) is 4.70. The van der Waals surface area contributed by atoms with Crippen molar-refractivity contribution in [1.82, 2.24) is 10.6 Å². The number of nitrogens with one attached hydrogen (secondary N) is 2. The smallest absolute Gasteiger partial charge is 0.407 e. The Morgan fingerprint density at radius 1 is 1.03 bits per heavy atom. The number of carbonyl (C=O) groups is 3. The van der Waals surface area contributed by atoms with Gasteiger partial charge in [-0.1, -0.05) is 75.2 Å². The van der Waals surface area contributed by atoms with Crippen LogP contribution in [-0.4, -0.2) is 41.8 Å². The number of hydrogen-bond acceptors (Lipinski definition) is 4. The third-order valence-corrected chi connectivity index (χ3v) is 7.54. The van der Waals surface area contributed by atoms with Gasteiger partial charge in [-0.05, 0) is 46.9 Å². The van der Waals surface area contributed by atoms with E-state index in [0.29, 0.717) is 6.42 Å². The number of aliphatic carboxylic acids is 1. The zero-order valence-electron chi connectivity index (χ0n) is 20.3. The van der Waals surface area contributed by atoms with Crippen LogP contribution in [0, 0.1) is 11.8 Å². The van der Waals surface area contributed by atoms with Gasteiger partial charge in [0.25, 0.3) is 0 Å². The quantitative estimate of drug-likeness (QED) is 0.485. The van der Waals surface area contributed by atoms with E-state index in [1.54, 1.807) is 0 Å². The Labute approximate surface area is 206 Å². The summed E-state index contributed by atoms with van der Waals surface area (Å²) in [5.41, 5.74) is 4.56. The van der Waals surface area contributed by atoms with Gasteiger partial charge in [0.2, 0.25) is 5.91 Å². The van der Waals surface area contributed by atoms with Gasteiger partial charge in [-0.2, -0.15) is 0 Å². The molecule has 7 heteroatoms. The number of alkyl carbamates (subject to hydrolysis) is 1. The van der Waals surface area contributed by atoms with Crippen LogP contribution in [0.1, 0.15) is 63.0 Å². The molecule has 2 aromatic carbocycles. The normalized spacial score (nSPS) is 20.4. The fraction of sp³-hybridized carbons (Fsp3) is 0.464. The molecule has 7 nitrogen and oxygen atoms in total. The standard InChI is InChI=1S/C28H34N2O5/c1-3-17(2)26(27(33)29-24-14-8-9-18(24)15-25(31)32)30-28(34)35-16-23-21-12-6-4-10-19(21)20-11-5-7-13-22(20)23/h4-7,10-13,17-18,23-24,26H,3,8-9,14-16H2,1-2H3,(H,29,33)(H,30,34)(H,31,32)/t17-,18-,24+,26-/m0/s1. The van der Waals surface area contributed by atoms with Crippen molar-refractivity contribution in [3.63, 3.8) is 0 Å². The van der Waals surface area contributed by atoms with E-state index in [0.717, 1.165) is 41.5 Å². The summed E-state index contributed by atoms with van der Waals surface area (Å²) in [6.07, 6.45) is 2.54.